The van der Waals surface area contributed by atoms with Gasteiger partial charge in [0.05, 0.1) is 18.8 Å². The Kier molecular flexibility index (Phi) is 4.24. The molecule has 0 bridgehead atoms. The van der Waals surface area contributed by atoms with Crippen molar-refractivity contribution < 1.29 is 9.90 Å². The number of amides is 1. The zero-order valence-electron chi connectivity index (χ0n) is 13.2. The Labute approximate surface area is 147 Å². The van der Waals surface area contributed by atoms with Crippen LogP contribution < -0.4 is 5.32 Å². The van der Waals surface area contributed by atoms with Gasteiger partial charge in [-0.05, 0) is 6.42 Å². The molecular weight excluding hydrogens is 340 g/mol. The maximum absolute atomic E-state index is 12.2. The number of benzene rings is 1. The van der Waals surface area contributed by atoms with E-state index in [4.69, 9.17) is 5.11 Å². The summed E-state index contributed by atoms with van der Waals surface area (Å²) in [4.78, 5) is 12.2. The van der Waals surface area contributed by atoms with Crippen LogP contribution in [-0.2, 0) is 6.54 Å². The second kappa shape index (κ2) is 6.69. The van der Waals surface area contributed by atoms with Gasteiger partial charge in [-0.15, -0.1) is 15.3 Å². The number of aliphatic hydroxyl groups excluding tert-OH is 1. The molecule has 1 unspecified atom stereocenters. The first kappa shape index (κ1) is 15.9. The lowest BCUT2D eigenvalue weighted by Gasteiger charge is -1.98. The van der Waals surface area contributed by atoms with Gasteiger partial charge < -0.3 is 10.4 Å². The van der Waals surface area contributed by atoms with E-state index < -0.39 is 0 Å². The molecule has 128 valence electrons. The summed E-state index contributed by atoms with van der Waals surface area (Å²) in [6.07, 6.45) is 2.49. The average Bonchev–Trinajstić information content (AvgIpc) is 3.07. The van der Waals surface area contributed by atoms with Crippen LogP contribution >= 0.6 is 11.3 Å². The van der Waals surface area contributed by atoms with Crippen LogP contribution in [0.25, 0.3) is 10.6 Å². The molecule has 8 nitrogen and oxygen atoms in total. The van der Waals surface area contributed by atoms with Crippen molar-refractivity contribution in [3.8, 4) is 10.6 Å². The number of carbonyl (C=O) groups is 1. The molecule has 4 rings (SSSR count). The molecule has 1 saturated carbocycles. The van der Waals surface area contributed by atoms with Crippen molar-refractivity contribution in [1.82, 2.24) is 30.5 Å². The van der Waals surface area contributed by atoms with E-state index in [0.717, 1.165) is 22.0 Å². The molecule has 2 aromatic heterocycles. The topological polar surface area (TPSA) is 106 Å². The van der Waals surface area contributed by atoms with Crippen molar-refractivity contribution in [2.75, 3.05) is 6.61 Å². The number of nitrogens with zero attached hydrogens (tertiary/aromatic N) is 5. The summed E-state index contributed by atoms with van der Waals surface area (Å²) in [5, 5.41) is 29.5. The van der Waals surface area contributed by atoms with Gasteiger partial charge in [-0.25, -0.2) is 4.68 Å². The Balaban J connectivity index is 1.35. The Morgan fingerprint density at radius 3 is 2.88 bits per heavy atom. The third kappa shape index (κ3) is 3.42. The van der Waals surface area contributed by atoms with Gasteiger partial charge in [0.2, 0.25) is 0 Å². The summed E-state index contributed by atoms with van der Waals surface area (Å²) < 4.78 is 1.65. The molecule has 0 spiro atoms. The van der Waals surface area contributed by atoms with Crippen molar-refractivity contribution >= 4 is 17.2 Å². The van der Waals surface area contributed by atoms with Crippen molar-refractivity contribution in [3.05, 3.63) is 47.2 Å². The van der Waals surface area contributed by atoms with Crippen LogP contribution in [0.2, 0.25) is 0 Å². The van der Waals surface area contributed by atoms with Crippen LogP contribution in [0.1, 0.15) is 28.0 Å². The van der Waals surface area contributed by atoms with Gasteiger partial charge in [0.1, 0.15) is 10.0 Å². The van der Waals surface area contributed by atoms with Crippen molar-refractivity contribution in [1.29, 1.82) is 0 Å². The van der Waals surface area contributed by atoms with Gasteiger partial charge in [0.15, 0.2) is 5.69 Å². The Bertz CT molecular complexity index is 878. The quantitative estimate of drug-likeness (QED) is 0.689. The van der Waals surface area contributed by atoms with Gasteiger partial charge in [-0.2, -0.15) is 0 Å². The lowest BCUT2D eigenvalue weighted by molar-refractivity contribution is 0.0945. The van der Waals surface area contributed by atoms with E-state index in [-0.39, 0.29) is 30.2 Å². The zero-order chi connectivity index (χ0) is 17.2. The minimum absolute atomic E-state index is 0.132. The molecular formula is C16H16N6O2S. The standard InChI is InChI=1S/C16H16N6O2S/c23-9-11-6-13(11)22-8-12(18-21-22)15(24)17-7-14-19-20-16(25-14)10-4-2-1-3-5-10/h1-5,8,11,13,23H,6-7,9H2,(H,17,24)/t11-,13?/m0/s1. The van der Waals surface area contributed by atoms with Crippen LogP contribution in [0.4, 0.5) is 0 Å². The number of aliphatic hydroxyl groups is 1. The van der Waals surface area contributed by atoms with Crippen LogP contribution in [0.15, 0.2) is 36.5 Å². The molecule has 1 aromatic carbocycles. The molecule has 0 aliphatic heterocycles. The highest BCUT2D eigenvalue weighted by Crippen LogP contribution is 2.41. The SMILES string of the molecule is O=C(NCc1nnc(-c2ccccc2)s1)c1cn(C2C[C@H]2CO)nn1. The number of rotatable bonds is 6. The monoisotopic (exact) mass is 356 g/mol. The molecule has 9 heteroatoms. The molecule has 0 saturated heterocycles. The summed E-state index contributed by atoms with van der Waals surface area (Å²) in [5.41, 5.74) is 1.26. The van der Waals surface area contributed by atoms with E-state index in [2.05, 4.69) is 25.8 Å². The van der Waals surface area contributed by atoms with Gasteiger partial charge in [0, 0.05) is 18.1 Å². The molecule has 1 fully saturated rings. The zero-order valence-corrected chi connectivity index (χ0v) is 14.1. The maximum atomic E-state index is 12.2. The molecule has 2 heterocycles. The Morgan fingerprint density at radius 2 is 2.12 bits per heavy atom. The summed E-state index contributed by atoms with van der Waals surface area (Å²) in [6.45, 7) is 0.422. The molecule has 3 aromatic rings. The summed E-state index contributed by atoms with van der Waals surface area (Å²) in [7, 11) is 0. The normalized spacial score (nSPS) is 18.9. The fourth-order valence-electron chi connectivity index (χ4n) is 2.56. The second-order valence-corrected chi connectivity index (χ2v) is 6.94. The van der Waals surface area contributed by atoms with Crippen molar-refractivity contribution in [2.45, 2.75) is 19.0 Å². The smallest absolute Gasteiger partial charge is 0.273 e. The minimum atomic E-state index is -0.302. The summed E-state index contributed by atoms with van der Waals surface area (Å²) in [5.74, 6) is -0.0840. The second-order valence-electron chi connectivity index (χ2n) is 5.88. The number of aromatic nitrogens is 5. The predicted molar refractivity (Wildman–Crippen MR) is 90.8 cm³/mol. The van der Waals surface area contributed by atoms with Crippen LogP contribution in [-0.4, -0.2) is 42.8 Å². The van der Waals surface area contributed by atoms with E-state index in [0.29, 0.717) is 6.54 Å². The first-order valence-corrected chi connectivity index (χ1v) is 8.75. The minimum Gasteiger partial charge on any atom is -0.396 e. The number of nitrogens with one attached hydrogen (secondary N) is 1. The number of carbonyl (C=O) groups excluding carboxylic acids is 1. The van der Waals surface area contributed by atoms with Gasteiger partial charge >= 0.3 is 0 Å². The highest BCUT2D eigenvalue weighted by Gasteiger charge is 2.39. The van der Waals surface area contributed by atoms with E-state index in [9.17, 15) is 4.79 Å². The van der Waals surface area contributed by atoms with Gasteiger partial charge in [-0.3, -0.25) is 4.79 Å². The fourth-order valence-corrected chi connectivity index (χ4v) is 3.35. The van der Waals surface area contributed by atoms with Crippen molar-refractivity contribution in [2.24, 2.45) is 5.92 Å². The largest absolute Gasteiger partial charge is 0.396 e. The molecule has 1 aliphatic rings. The molecule has 2 atom stereocenters. The van der Waals surface area contributed by atoms with Crippen molar-refractivity contribution in [3.63, 3.8) is 0 Å². The van der Waals surface area contributed by atoms with E-state index in [1.807, 2.05) is 30.3 Å². The average molecular weight is 356 g/mol. The Hall–Kier alpha value is -2.65. The first-order chi connectivity index (χ1) is 12.2. The molecule has 2 N–H and O–H groups in total. The lowest BCUT2D eigenvalue weighted by atomic mass is 10.2. The number of hydrogen-bond acceptors (Lipinski definition) is 7. The van der Waals surface area contributed by atoms with E-state index >= 15 is 0 Å². The fraction of sp³-hybridized carbons (Fsp3) is 0.312. The van der Waals surface area contributed by atoms with E-state index in [1.54, 1.807) is 10.9 Å². The highest BCUT2D eigenvalue weighted by molar-refractivity contribution is 7.14. The van der Waals surface area contributed by atoms with E-state index in [1.165, 1.54) is 11.3 Å². The van der Waals surface area contributed by atoms with Crippen LogP contribution in [0.3, 0.4) is 0 Å². The van der Waals surface area contributed by atoms with Gasteiger partial charge in [0.25, 0.3) is 5.91 Å². The Morgan fingerprint density at radius 1 is 1.28 bits per heavy atom. The third-order valence-corrected chi connectivity index (χ3v) is 5.06. The summed E-state index contributed by atoms with van der Waals surface area (Å²) in [6, 6.07) is 9.93. The highest BCUT2D eigenvalue weighted by atomic mass is 32.1. The molecule has 1 aliphatic carbocycles. The molecule has 0 radical (unpaired) electrons. The third-order valence-electron chi connectivity index (χ3n) is 4.09. The van der Waals surface area contributed by atoms with Crippen LogP contribution in [0, 0.1) is 5.92 Å². The predicted octanol–water partition coefficient (Wildman–Crippen LogP) is 1.28. The van der Waals surface area contributed by atoms with Gasteiger partial charge in [-0.1, -0.05) is 46.9 Å². The lowest BCUT2D eigenvalue weighted by Crippen LogP contribution is -2.23. The first-order valence-electron chi connectivity index (χ1n) is 7.93. The van der Waals surface area contributed by atoms with Crippen LogP contribution in [0.5, 0.6) is 0 Å². The molecule has 25 heavy (non-hydrogen) atoms. The summed E-state index contributed by atoms with van der Waals surface area (Å²) >= 11 is 1.44. The maximum Gasteiger partial charge on any atom is 0.273 e. The number of hydrogen-bond donors (Lipinski definition) is 2. The molecule has 1 amide bonds.